The van der Waals surface area contributed by atoms with Gasteiger partial charge in [0.25, 0.3) is 5.56 Å². The van der Waals surface area contributed by atoms with Crippen molar-refractivity contribution in [2.45, 2.75) is 0 Å². The number of hydrogen-bond donors (Lipinski definition) is 1. The highest BCUT2D eigenvalue weighted by molar-refractivity contribution is 6.50. The average Bonchev–Trinajstić information content (AvgIpc) is 3.21. The number of rotatable bonds is 4. The van der Waals surface area contributed by atoms with Gasteiger partial charge in [-0.3, -0.25) is 4.79 Å². The zero-order valence-corrected chi connectivity index (χ0v) is 16.1. The molecule has 0 bridgehead atoms. The van der Waals surface area contributed by atoms with Gasteiger partial charge in [-0.1, -0.05) is 41.9 Å². The lowest BCUT2D eigenvalue weighted by Gasteiger charge is -2.05. The van der Waals surface area contributed by atoms with Gasteiger partial charge >= 0.3 is 5.97 Å². The molecule has 4 rings (SSSR count). The van der Waals surface area contributed by atoms with E-state index in [1.54, 1.807) is 66.7 Å². The molecule has 0 unspecified atom stereocenters. The number of para-hydroxylation sites is 1. The normalized spacial score (nSPS) is 11.6. The highest BCUT2D eigenvalue weighted by Gasteiger charge is 2.15. The second-order valence-corrected chi connectivity index (χ2v) is 6.57. The molecule has 1 N–H and O–H groups in total. The van der Waals surface area contributed by atoms with Gasteiger partial charge in [0.15, 0.2) is 5.82 Å². The lowest BCUT2D eigenvalue weighted by molar-refractivity contribution is 0.0601. The van der Waals surface area contributed by atoms with Crippen molar-refractivity contribution in [2.75, 3.05) is 7.11 Å². The Morgan fingerprint density at radius 2 is 1.86 bits per heavy atom. The Kier molecular flexibility index (Phi) is 5.01. The number of benzene rings is 2. The van der Waals surface area contributed by atoms with Crippen LogP contribution in [-0.2, 0) is 4.74 Å². The number of aromatic amines is 1. The van der Waals surface area contributed by atoms with Crippen LogP contribution in [0.15, 0.2) is 69.9 Å². The molecule has 144 valence electrons. The molecule has 0 aliphatic carbocycles. The van der Waals surface area contributed by atoms with E-state index >= 15 is 0 Å². The topological polar surface area (TPSA) is 85.2 Å². The fourth-order valence-electron chi connectivity index (χ4n) is 2.95. The summed E-state index contributed by atoms with van der Waals surface area (Å²) in [5, 5.41) is 0.704. The predicted octanol–water partition coefficient (Wildman–Crippen LogP) is 4.71. The number of carbonyl (C=O) groups is 1. The van der Waals surface area contributed by atoms with Crippen molar-refractivity contribution in [2.24, 2.45) is 0 Å². The van der Waals surface area contributed by atoms with Crippen LogP contribution >= 0.6 is 11.6 Å². The van der Waals surface area contributed by atoms with E-state index in [-0.39, 0.29) is 16.4 Å². The Morgan fingerprint density at radius 1 is 1.10 bits per heavy atom. The number of fused-ring (bicyclic) bond motifs is 1. The Bertz CT molecular complexity index is 1300. The van der Waals surface area contributed by atoms with E-state index < -0.39 is 5.97 Å². The third kappa shape index (κ3) is 3.70. The average molecular weight is 407 g/mol. The zero-order chi connectivity index (χ0) is 20.4. The molecular weight excluding hydrogens is 392 g/mol. The number of esters is 1. The van der Waals surface area contributed by atoms with E-state index in [1.165, 1.54) is 7.11 Å². The van der Waals surface area contributed by atoms with Crippen molar-refractivity contribution >= 4 is 39.6 Å². The molecule has 2 heterocycles. The van der Waals surface area contributed by atoms with Crippen molar-refractivity contribution in [3.63, 3.8) is 0 Å². The summed E-state index contributed by atoms with van der Waals surface area (Å²) < 4.78 is 10.6. The van der Waals surface area contributed by atoms with Gasteiger partial charge in [0, 0.05) is 11.6 Å². The third-order valence-corrected chi connectivity index (χ3v) is 4.62. The minimum absolute atomic E-state index is 0.218. The molecule has 6 nitrogen and oxygen atoms in total. The molecule has 2 aromatic carbocycles. The largest absolute Gasteiger partial charge is 0.465 e. The number of nitrogens with one attached hydrogen (secondary N) is 1. The molecular formula is C22H15ClN2O4. The van der Waals surface area contributed by atoms with Crippen LogP contribution in [0, 0.1) is 0 Å². The van der Waals surface area contributed by atoms with Crippen molar-refractivity contribution in [3.05, 3.63) is 88.2 Å². The Hall–Kier alpha value is -3.64. The summed E-state index contributed by atoms with van der Waals surface area (Å²) in [4.78, 5) is 31.3. The first-order valence-corrected chi connectivity index (χ1v) is 9.09. The van der Waals surface area contributed by atoms with Crippen LogP contribution in [0.25, 0.3) is 33.3 Å². The molecule has 0 aliphatic heterocycles. The highest BCUT2D eigenvalue weighted by Crippen LogP contribution is 2.28. The first-order valence-electron chi connectivity index (χ1n) is 8.71. The number of methoxy groups -OCH3 is 1. The maximum Gasteiger partial charge on any atom is 0.338 e. The minimum atomic E-state index is -0.454. The van der Waals surface area contributed by atoms with E-state index in [0.717, 1.165) is 0 Å². The summed E-state index contributed by atoms with van der Waals surface area (Å²) in [5.41, 5.74) is 1.27. The summed E-state index contributed by atoms with van der Waals surface area (Å²) >= 11 is 6.37. The summed E-state index contributed by atoms with van der Waals surface area (Å²) in [5.74, 6) is 0.718. The highest BCUT2D eigenvalue weighted by atomic mass is 35.5. The van der Waals surface area contributed by atoms with Crippen LogP contribution in [0.1, 0.15) is 21.9 Å². The first-order chi connectivity index (χ1) is 14.1. The fourth-order valence-corrected chi connectivity index (χ4v) is 3.15. The number of furan rings is 1. The van der Waals surface area contributed by atoms with E-state index in [0.29, 0.717) is 33.6 Å². The van der Waals surface area contributed by atoms with Gasteiger partial charge in [-0.2, -0.15) is 0 Å². The van der Waals surface area contributed by atoms with Gasteiger partial charge in [-0.25, -0.2) is 9.78 Å². The Balaban J connectivity index is 1.70. The molecule has 0 radical (unpaired) electrons. The summed E-state index contributed by atoms with van der Waals surface area (Å²) in [6, 6.07) is 17.4. The number of nitrogens with zero attached hydrogens (tertiary/aromatic N) is 1. The summed E-state index contributed by atoms with van der Waals surface area (Å²) in [6.07, 6.45) is 1.55. The van der Waals surface area contributed by atoms with Crippen molar-refractivity contribution in [3.8, 4) is 11.3 Å². The Labute approximate surface area is 170 Å². The van der Waals surface area contributed by atoms with Crippen LogP contribution in [0.3, 0.4) is 0 Å². The SMILES string of the molecule is COC(=O)c1ccccc1-c1ccc(/C=C(\Cl)c2nc3ccccc3c(=O)[nH]2)o1. The summed E-state index contributed by atoms with van der Waals surface area (Å²) in [6.45, 7) is 0. The third-order valence-electron chi connectivity index (χ3n) is 4.33. The van der Waals surface area contributed by atoms with E-state index in [9.17, 15) is 9.59 Å². The van der Waals surface area contributed by atoms with Crippen molar-refractivity contribution < 1.29 is 13.9 Å². The van der Waals surface area contributed by atoms with Crippen LogP contribution in [0.5, 0.6) is 0 Å². The van der Waals surface area contributed by atoms with Crippen LogP contribution in [0.4, 0.5) is 0 Å². The molecule has 0 saturated carbocycles. The molecule has 0 aliphatic rings. The zero-order valence-electron chi connectivity index (χ0n) is 15.3. The molecule has 2 aromatic heterocycles. The monoisotopic (exact) mass is 406 g/mol. The minimum Gasteiger partial charge on any atom is -0.465 e. The standard InChI is InChI=1S/C22H15ClN2O4/c1-28-22(27)15-7-3-2-6-14(15)19-11-10-13(29-19)12-17(23)20-24-18-9-5-4-8-16(18)21(26)25-20/h2-12H,1H3,(H,24,25,26)/b17-12-. The second-order valence-electron chi connectivity index (χ2n) is 6.16. The summed E-state index contributed by atoms with van der Waals surface area (Å²) in [7, 11) is 1.33. The fraction of sp³-hybridized carbons (Fsp3) is 0.0455. The van der Waals surface area contributed by atoms with Gasteiger partial charge in [0.2, 0.25) is 0 Å². The van der Waals surface area contributed by atoms with E-state index in [2.05, 4.69) is 9.97 Å². The molecule has 7 heteroatoms. The lowest BCUT2D eigenvalue weighted by atomic mass is 10.1. The molecule has 4 aromatic rings. The molecule has 0 spiro atoms. The van der Waals surface area contributed by atoms with Gasteiger partial charge in [0.1, 0.15) is 11.5 Å². The van der Waals surface area contributed by atoms with E-state index in [1.807, 2.05) is 0 Å². The molecule has 0 amide bonds. The lowest BCUT2D eigenvalue weighted by Crippen LogP contribution is -2.10. The smallest absolute Gasteiger partial charge is 0.338 e. The van der Waals surface area contributed by atoms with Gasteiger partial charge in [-0.15, -0.1) is 0 Å². The second kappa shape index (κ2) is 7.77. The van der Waals surface area contributed by atoms with Crippen LogP contribution in [0.2, 0.25) is 0 Å². The maximum absolute atomic E-state index is 12.2. The van der Waals surface area contributed by atoms with E-state index in [4.69, 9.17) is 20.8 Å². The van der Waals surface area contributed by atoms with Crippen LogP contribution in [-0.4, -0.2) is 23.0 Å². The predicted molar refractivity (Wildman–Crippen MR) is 112 cm³/mol. The van der Waals surface area contributed by atoms with Crippen LogP contribution < -0.4 is 5.56 Å². The quantitative estimate of drug-likeness (QED) is 0.496. The number of hydrogen-bond acceptors (Lipinski definition) is 5. The van der Waals surface area contributed by atoms with Crippen molar-refractivity contribution in [1.29, 1.82) is 0 Å². The molecule has 0 saturated heterocycles. The number of H-pyrrole nitrogens is 1. The molecule has 0 fully saturated rings. The molecule has 29 heavy (non-hydrogen) atoms. The number of aromatic nitrogens is 2. The van der Waals surface area contributed by atoms with Crippen molar-refractivity contribution in [1.82, 2.24) is 9.97 Å². The maximum atomic E-state index is 12.2. The number of carbonyl (C=O) groups excluding carboxylic acids is 1. The van der Waals surface area contributed by atoms with Gasteiger partial charge < -0.3 is 14.1 Å². The number of halogens is 1. The molecule has 0 atom stereocenters. The first kappa shape index (κ1) is 18.7. The van der Waals surface area contributed by atoms with Gasteiger partial charge in [0.05, 0.1) is 28.6 Å². The Morgan fingerprint density at radius 3 is 2.69 bits per heavy atom. The van der Waals surface area contributed by atoms with Gasteiger partial charge in [-0.05, 0) is 30.3 Å². The number of ether oxygens (including phenoxy) is 1.